The predicted octanol–water partition coefficient (Wildman–Crippen LogP) is 1.63. The van der Waals surface area contributed by atoms with Gasteiger partial charge in [0.15, 0.2) is 0 Å². The summed E-state index contributed by atoms with van der Waals surface area (Å²) >= 11 is 0. The maximum absolute atomic E-state index is 5.46. The molecule has 0 amide bonds. The molecule has 82 valence electrons. The standard InChI is InChI=1S/C11H13N5/c1-8(9-3-2-6-13-7-9)14-11-5-4-10(12)15-16-11/h2-8H,1H3,(H2,12,15)(H,14,16). The van der Waals surface area contributed by atoms with Crippen molar-refractivity contribution < 1.29 is 0 Å². The average Bonchev–Trinajstić information content (AvgIpc) is 2.33. The molecule has 0 radical (unpaired) electrons. The van der Waals surface area contributed by atoms with Crippen LogP contribution >= 0.6 is 0 Å². The number of hydrogen-bond donors (Lipinski definition) is 2. The van der Waals surface area contributed by atoms with Crippen molar-refractivity contribution in [3.05, 3.63) is 42.2 Å². The topological polar surface area (TPSA) is 76.7 Å². The number of aromatic nitrogens is 3. The van der Waals surface area contributed by atoms with Gasteiger partial charge in [-0.2, -0.15) is 0 Å². The third-order valence-corrected chi connectivity index (χ3v) is 2.23. The number of pyridine rings is 1. The Balaban J connectivity index is 2.08. The van der Waals surface area contributed by atoms with Crippen LogP contribution in [0.5, 0.6) is 0 Å². The van der Waals surface area contributed by atoms with E-state index in [0.717, 1.165) is 5.56 Å². The van der Waals surface area contributed by atoms with Crippen LogP contribution in [0.3, 0.4) is 0 Å². The molecule has 16 heavy (non-hydrogen) atoms. The number of nitrogens with one attached hydrogen (secondary N) is 1. The van der Waals surface area contributed by atoms with Crippen LogP contribution in [0.25, 0.3) is 0 Å². The molecule has 0 saturated heterocycles. The third kappa shape index (κ3) is 2.44. The molecule has 0 aliphatic rings. The normalized spacial score (nSPS) is 12.1. The average molecular weight is 215 g/mol. The van der Waals surface area contributed by atoms with Crippen LogP contribution < -0.4 is 11.1 Å². The molecule has 2 aromatic rings. The van der Waals surface area contributed by atoms with Gasteiger partial charge in [0.1, 0.15) is 11.6 Å². The zero-order chi connectivity index (χ0) is 11.4. The molecule has 2 aromatic heterocycles. The van der Waals surface area contributed by atoms with Crippen LogP contribution in [-0.2, 0) is 0 Å². The number of anilines is 2. The van der Waals surface area contributed by atoms with Gasteiger partial charge in [-0.1, -0.05) is 6.07 Å². The lowest BCUT2D eigenvalue weighted by atomic mass is 10.1. The first-order chi connectivity index (χ1) is 7.75. The highest BCUT2D eigenvalue weighted by atomic mass is 15.2. The first-order valence-electron chi connectivity index (χ1n) is 5.01. The second-order valence-corrected chi connectivity index (χ2v) is 3.50. The van der Waals surface area contributed by atoms with Gasteiger partial charge in [0.05, 0.1) is 6.04 Å². The monoisotopic (exact) mass is 215 g/mol. The van der Waals surface area contributed by atoms with Gasteiger partial charge in [-0.05, 0) is 30.7 Å². The van der Waals surface area contributed by atoms with E-state index in [1.54, 1.807) is 18.3 Å². The zero-order valence-corrected chi connectivity index (χ0v) is 8.96. The lowest BCUT2D eigenvalue weighted by Gasteiger charge is -2.13. The van der Waals surface area contributed by atoms with Gasteiger partial charge < -0.3 is 11.1 Å². The van der Waals surface area contributed by atoms with Gasteiger partial charge in [-0.25, -0.2) is 0 Å². The van der Waals surface area contributed by atoms with E-state index in [1.165, 1.54) is 0 Å². The van der Waals surface area contributed by atoms with Gasteiger partial charge in [0, 0.05) is 12.4 Å². The van der Waals surface area contributed by atoms with Crippen LogP contribution in [0.15, 0.2) is 36.7 Å². The zero-order valence-electron chi connectivity index (χ0n) is 8.96. The summed E-state index contributed by atoms with van der Waals surface area (Å²) in [7, 11) is 0. The van der Waals surface area contributed by atoms with E-state index in [4.69, 9.17) is 5.73 Å². The maximum atomic E-state index is 5.46. The van der Waals surface area contributed by atoms with Crippen molar-refractivity contribution in [2.24, 2.45) is 0 Å². The molecule has 5 heteroatoms. The molecular weight excluding hydrogens is 202 g/mol. The maximum Gasteiger partial charge on any atom is 0.149 e. The van der Waals surface area contributed by atoms with Crippen molar-refractivity contribution in [2.75, 3.05) is 11.1 Å². The highest BCUT2D eigenvalue weighted by Crippen LogP contribution is 2.16. The number of nitrogens with two attached hydrogens (primary N) is 1. The lowest BCUT2D eigenvalue weighted by Crippen LogP contribution is -2.09. The first-order valence-corrected chi connectivity index (χ1v) is 5.01. The van der Waals surface area contributed by atoms with Crippen molar-refractivity contribution in [3.8, 4) is 0 Å². The fraction of sp³-hybridized carbons (Fsp3) is 0.182. The molecular formula is C11H13N5. The van der Waals surface area contributed by atoms with Crippen molar-refractivity contribution in [3.63, 3.8) is 0 Å². The third-order valence-electron chi connectivity index (χ3n) is 2.23. The first kappa shape index (κ1) is 10.4. The molecule has 0 aliphatic carbocycles. The number of rotatable bonds is 3. The van der Waals surface area contributed by atoms with Crippen molar-refractivity contribution in [1.29, 1.82) is 0 Å². The van der Waals surface area contributed by atoms with E-state index in [-0.39, 0.29) is 6.04 Å². The van der Waals surface area contributed by atoms with E-state index in [0.29, 0.717) is 11.6 Å². The molecule has 2 rings (SSSR count). The van der Waals surface area contributed by atoms with Crippen LogP contribution in [-0.4, -0.2) is 15.2 Å². The second-order valence-electron chi connectivity index (χ2n) is 3.50. The van der Waals surface area contributed by atoms with Gasteiger partial charge in [0.2, 0.25) is 0 Å². The van der Waals surface area contributed by atoms with E-state index >= 15 is 0 Å². The van der Waals surface area contributed by atoms with E-state index < -0.39 is 0 Å². The van der Waals surface area contributed by atoms with Crippen LogP contribution in [0.1, 0.15) is 18.5 Å². The summed E-state index contributed by atoms with van der Waals surface area (Å²) in [6.07, 6.45) is 3.57. The molecule has 0 aliphatic heterocycles. The summed E-state index contributed by atoms with van der Waals surface area (Å²) < 4.78 is 0. The van der Waals surface area contributed by atoms with Crippen molar-refractivity contribution in [2.45, 2.75) is 13.0 Å². The molecule has 0 spiro atoms. The fourth-order valence-corrected chi connectivity index (χ4v) is 1.36. The number of nitrogens with zero attached hydrogens (tertiary/aromatic N) is 3. The molecule has 0 bridgehead atoms. The SMILES string of the molecule is CC(Nc1ccc(N)nn1)c1cccnc1. The van der Waals surface area contributed by atoms with Crippen molar-refractivity contribution in [1.82, 2.24) is 15.2 Å². The summed E-state index contributed by atoms with van der Waals surface area (Å²) in [6, 6.07) is 7.56. The Morgan fingerprint density at radius 3 is 2.75 bits per heavy atom. The van der Waals surface area contributed by atoms with Crippen molar-refractivity contribution >= 4 is 11.6 Å². The Kier molecular flexibility index (Phi) is 2.95. The molecule has 0 saturated carbocycles. The Morgan fingerprint density at radius 1 is 1.25 bits per heavy atom. The quantitative estimate of drug-likeness (QED) is 0.813. The molecule has 5 nitrogen and oxygen atoms in total. The Hall–Kier alpha value is -2.17. The van der Waals surface area contributed by atoms with Gasteiger partial charge in [-0.15, -0.1) is 10.2 Å². The summed E-state index contributed by atoms with van der Waals surface area (Å²) in [5.74, 6) is 1.12. The largest absolute Gasteiger partial charge is 0.382 e. The minimum atomic E-state index is 0.131. The minimum Gasteiger partial charge on any atom is -0.382 e. The number of nitrogen functional groups attached to an aromatic ring is 1. The van der Waals surface area contributed by atoms with E-state index in [1.807, 2.05) is 25.3 Å². The fourth-order valence-electron chi connectivity index (χ4n) is 1.36. The van der Waals surface area contributed by atoms with Crippen LogP contribution in [0, 0.1) is 0 Å². The highest BCUT2D eigenvalue weighted by Gasteiger charge is 2.05. The van der Waals surface area contributed by atoms with E-state index in [2.05, 4.69) is 20.5 Å². The molecule has 1 atom stereocenters. The smallest absolute Gasteiger partial charge is 0.149 e. The summed E-state index contributed by atoms with van der Waals surface area (Å²) in [6.45, 7) is 2.04. The predicted molar refractivity (Wildman–Crippen MR) is 62.7 cm³/mol. The molecule has 3 N–H and O–H groups in total. The minimum absolute atomic E-state index is 0.131. The number of hydrogen-bond acceptors (Lipinski definition) is 5. The molecule has 1 unspecified atom stereocenters. The summed E-state index contributed by atoms with van der Waals surface area (Å²) in [4.78, 5) is 4.07. The molecule has 0 aromatic carbocycles. The second kappa shape index (κ2) is 4.57. The molecule has 0 fully saturated rings. The summed E-state index contributed by atoms with van der Waals surface area (Å²) in [5, 5.41) is 10.9. The van der Waals surface area contributed by atoms with E-state index in [9.17, 15) is 0 Å². The lowest BCUT2D eigenvalue weighted by molar-refractivity contribution is 0.855. The highest BCUT2D eigenvalue weighted by molar-refractivity contribution is 5.40. The Labute approximate surface area is 93.7 Å². The van der Waals surface area contributed by atoms with Gasteiger partial charge >= 0.3 is 0 Å². The molecule has 2 heterocycles. The van der Waals surface area contributed by atoms with Crippen LogP contribution in [0.2, 0.25) is 0 Å². The Morgan fingerprint density at radius 2 is 2.12 bits per heavy atom. The summed E-state index contributed by atoms with van der Waals surface area (Å²) in [5.41, 5.74) is 6.56. The Bertz CT molecular complexity index is 440. The van der Waals surface area contributed by atoms with Crippen LogP contribution in [0.4, 0.5) is 11.6 Å². The van der Waals surface area contributed by atoms with Gasteiger partial charge in [0.25, 0.3) is 0 Å². The van der Waals surface area contributed by atoms with Gasteiger partial charge in [-0.3, -0.25) is 4.98 Å².